The molecule has 0 aromatic carbocycles. The van der Waals surface area contributed by atoms with Gasteiger partial charge in [-0.2, -0.15) is 9.30 Å². The molecule has 3 nitrogen and oxygen atoms in total. The number of nitroso groups, excluding NO2 is 1. The average molecular weight is 208 g/mol. The van der Waals surface area contributed by atoms with E-state index in [9.17, 15) is 9.30 Å². The Hall–Kier alpha value is -1.32. The molecule has 0 saturated heterocycles. The van der Waals surface area contributed by atoms with Crippen LogP contribution in [0.1, 0.15) is 37.2 Å². The molecular weight excluding hydrogens is 195 g/mol. The van der Waals surface area contributed by atoms with Gasteiger partial charge in [-0.15, -0.1) is 0 Å². The van der Waals surface area contributed by atoms with Crippen LogP contribution in [0.5, 0.6) is 0 Å². The summed E-state index contributed by atoms with van der Waals surface area (Å²) in [4.78, 5) is 14.0. The molecule has 1 aliphatic carbocycles. The Kier molecular flexibility index (Phi) is 3.04. The molecule has 1 aromatic rings. The Morgan fingerprint density at radius 1 is 1.33 bits per heavy atom. The SMILES string of the molecule is O=NC1CCC(c2cccnc2F)CC1. The molecule has 0 atom stereocenters. The minimum absolute atomic E-state index is 0.0685. The topological polar surface area (TPSA) is 42.3 Å². The third-order valence-electron chi connectivity index (χ3n) is 3.07. The number of hydrogen-bond acceptors (Lipinski definition) is 3. The smallest absolute Gasteiger partial charge is 0.216 e. The van der Waals surface area contributed by atoms with Crippen LogP contribution in [0.4, 0.5) is 4.39 Å². The minimum Gasteiger partial charge on any atom is -0.228 e. The molecule has 1 fully saturated rings. The highest BCUT2D eigenvalue weighted by Gasteiger charge is 2.24. The summed E-state index contributed by atoms with van der Waals surface area (Å²) in [6.45, 7) is 0. The van der Waals surface area contributed by atoms with Crippen LogP contribution < -0.4 is 0 Å². The highest BCUT2D eigenvalue weighted by atomic mass is 19.1. The van der Waals surface area contributed by atoms with Crippen molar-refractivity contribution in [3.8, 4) is 0 Å². The summed E-state index contributed by atoms with van der Waals surface area (Å²) in [7, 11) is 0. The lowest BCUT2D eigenvalue weighted by atomic mass is 9.82. The van der Waals surface area contributed by atoms with Crippen LogP contribution >= 0.6 is 0 Å². The molecule has 0 spiro atoms. The molecule has 0 unspecified atom stereocenters. The summed E-state index contributed by atoms with van der Waals surface area (Å²) in [5, 5.41) is 3.04. The average Bonchev–Trinajstić information content (AvgIpc) is 2.30. The van der Waals surface area contributed by atoms with Gasteiger partial charge in [0.25, 0.3) is 0 Å². The lowest BCUT2D eigenvalue weighted by Crippen LogP contribution is -2.16. The van der Waals surface area contributed by atoms with Crippen LogP contribution in [0, 0.1) is 10.9 Å². The first-order valence-corrected chi connectivity index (χ1v) is 5.24. The molecule has 15 heavy (non-hydrogen) atoms. The van der Waals surface area contributed by atoms with Crippen molar-refractivity contribution in [1.29, 1.82) is 0 Å². The van der Waals surface area contributed by atoms with Crippen LogP contribution in [0.3, 0.4) is 0 Å². The largest absolute Gasteiger partial charge is 0.228 e. The second kappa shape index (κ2) is 4.47. The van der Waals surface area contributed by atoms with Gasteiger partial charge in [-0.1, -0.05) is 11.2 Å². The van der Waals surface area contributed by atoms with Gasteiger partial charge in [-0.25, -0.2) is 4.98 Å². The van der Waals surface area contributed by atoms with Crippen molar-refractivity contribution >= 4 is 0 Å². The van der Waals surface area contributed by atoms with E-state index in [4.69, 9.17) is 0 Å². The van der Waals surface area contributed by atoms with Crippen molar-refractivity contribution in [2.75, 3.05) is 0 Å². The van der Waals surface area contributed by atoms with Gasteiger partial charge in [-0.05, 0) is 37.7 Å². The Morgan fingerprint density at radius 2 is 2.07 bits per heavy atom. The van der Waals surface area contributed by atoms with Gasteiger partial charge in [0.05, 0.1) is 6.04 Å². The lowest BCUT2D eigenvalue weighted by Gasteiger charge is -2.24. The molecule has 1 aromatic heterocycles. The van der Waals surface area contributed by atoms with Gasteiger partial charge in [0.15, 0.2) is 0 Å². The van der Waals surface area contributed by atoms with Crippen LogP contribution in [-0.2, 0) is 0 Å². The van der Waals surface area contributed by atoms with Crippen molar-refractivity contribution in [2.45, 2.75) is 37.6 Å². The lowest BCUT2D eigenvalue weighted by molar-refractivity contribution is 0.383. The molecule has 80 valence electrons. The fraction of sp³-hybridized carbons (Fsp3) is 0.545. The van der Waals surface area contributed by atoms with Crippen molar-refractivity contribution < 1.29 is 4.39 Å². The summed E-state index contributed by atoms with van der Waals surface area (Å²) < 4.78 is 13.4. The van der Waals surface area contributed by atoms with Gasteiger partial charge >= 0.3 is 0 Å². The molecule has 0 radical (unpaired) electrons. The maximum atomic E-state index is 13.4. The van der Waals surface area contributed by atoms with E-state index in [-0.39, 0.29) is 17.9 Å². The molecule has 0 N–H and O–H groups in total. The van der Waals surface area contributed by atoms with Crippen LogP contribution in [0.15, 0.2) is 23.5 Å². The maximum absolute atomic E-state index is 13.4. The fourth-order valence-corrected chi connectivity index (χ4v) is 2.20. The molecule has 2 rings (SSSR count). The Balaban J connectivity index is 2.07. The summed E-state index contributed by atoms with van der Waals surface area (Å²) in [6, 6.07) is 3.46. The highest BCUT2D eigenvalue weighted by Crippen LogP contribution is 2.34. The number of halogens is 1. The van der Waals surface area contributed by atoms with Gasteiger partial charge in [0, 0.05) is 11.8 Å². The van der Waals surface area contributed by atoms with E-state index in [1.807, 2.05) is 0 Å². The summed E-state index contributed by atoms with van der Waals surface area (Å²) in [5.74, 6) is -0.170. The number of nitrogens with zero attached hydrogens (tertiary/aromatic N) is 2. The summed E-state index contributed by atoms with van der Waals surface area (Å²) >= 11 is 0. The zero-order valence-corrected chi connectivity index (χ0v) is 8.40. The monoisotopic (exact) mass is 208 g/mol. The van der Waals surface area contributed by atoms with E-state index >= 15 is 0 Å². The first-order valence-electron chi connectivity index (χ1n) is 5.24. The van der Waals surface area contributed by atoms with Gasteiger partial charge < -0.3 is 0 Å². The van der Waals surface area contributed by atoms with E-state index in [0.29, 0.717) is 5.56 Å². The van der Waals surface area contributed by atoms with Gasteiger partial charge in [0.1, 0.15) is 0 Å². The van der Waals surface area contributed by atoms with Crippen LogP contribution in [-0.4, -0.2) is 11.0 Å². The fourth-order valence-electron chi connectivity index (χ4n) is 2.20. The first kappa shape index (κ1) is 10.2. The Labute approximate surface area is 87.7 Å². The Morgan fingerprint density at radius 3 is 2.67 bits per heavy atom. The van der Waals surface area contributed by atoms with E-state index in [0.717, 1.165) is 25.7 Å². The van der Waals surface area contributed by atoms with Crippen molar-refractivity contribution in [2.24, 2.45) is 5.18 Å². The van der Waals surface area contributed by atoms with Crippen molar-refractivity contribution in [3.63, 3.8) is 0 Å². The number of aromatic nitrogens is 1. The summed E-state index contributed by atoms with van der Waals surface area (Å²) in [5.41, 5.74) is 0.682. The molecule has 1 aliphatic rings. The van der Waals surface area contributed by atoms with E-state index in [1.165, 1.54) is 6.20 Å². The van der Waals surface area contributed by atoms with Crippen molar-refractivity contribution in [1.82, 2.24) is 4.98 Å². The molecule has 0 bridgehead atoms. The van der Waals surface area contributed by atoms with Gasteiger partial charge in [-0.3, -0.25) is 0 Å². The minimum atomic E-state index is -0.375. The normalized spacial score (nSPS) is 26.2. The van der Waals surface area contributed by atoms with E-state index < -0.39 is 0 Å². The third-order valence-corrected chi connectivity index (χ3v) is 3.07. The molecule has 0 amide bonds. The number of hydrogen-bond donors (Lipinski definition) is 0. The number of rotatable bonds is 2. The molecule has 1 saturated carbocycles. The zero-order chi connectivity index (χ0) is 10.7. The first-order chi connectivity index (χ1) is 7.31. The maximum Gasteiger partial charge on any atom is 0.216 e. The molecule has 0 aliphatic heterocycles. The van der Waals surface area contributed by atoms with Crippen LogP contribution in [0.25, 0.3) is 0 Å². The molecular formula is C11H13FN2O. The van der Waals surface area contributed by atoms with Crippen molar-refractivity contribution in [3.05, 3.63) is 34.7 Å². The number of pyridine rings is 1. The second-order valence-corrected chi connectivity index (χ2v) is 3.99. The molecule has 1 heterocycles. The Bertz CT molecular complexity index is 348. The van der Waals surface area contributed by atoms with E-state index in [2.05, 4.69) is 10.2 Å². The zero-order valence-electron chi connectivity index (χ0n) is 8.40. The third kappa shape index (κ3) is 2.19. The highest BCUT2D eigenvalue weighted by molar-refractivity contribution is 5.17. The quantitative estimate of drug-likeness (QED) is 0.553. The van der Waals surface area contributed by atoms with E-state index in [1.54, 1.807) is 12.1 Å². The van der Waals surface area contributed by atoms with Gasteiger partial charge in [0.2, 0.25) is 5.95 Å². The van der Waals surface area contributed by atoms with Crippen LogP contribution in [0.2, 0.25) is 0 Å². The predicted molar refractivity (Wildman–Crippen MR) is 55.0 cm³/mol. The summed E-state index contributed by atoms with van der Waals surface area (Å²) in [6.07, 6.45) is 4.65. The second-order valence-electron chi connectivity index (χ2n) is 3.99. The predicted octanol–water partition coefficient (Wildman–Crippen LogP) is 3.01. The molecule has 4 heteroatoms. The standard InChI is InChI=1S/C11H13FN2O/c12-11-10(2-1-7-13-11)8-3-5-9(14-15)6-4-8/h1-2,7-9H,3-6H2.